The third-order valence-corrected chi connectivity index (χ3v) is 18.6. The summed E-state index contributed by atoms with van der Waals surface area (Å²) in [5, 5.41) is 0. The van der Waals surface area contributed by atoms with E-state index in [-0.39, 0.29) is 13.4 Å². The van der Waals surface area contributed by atoms with E-state index in [4.69, 9.17) is 0 Å². The van der Waals surface area contributed by atoms with E-state index in [0.717, 1.165) is 0 Å². The van der Waals surface area contributed by atoms with Crippen LogP contribution in [0.25, 0.3) is 20.9 Å². The first-order chi connectivity index (χ1) is 33.3. The van der Waals surface area contributed by atoms with Crippen LogP contribution in [0.1, 0.15) is 0 Å². The smallest absolute Gasteiger partial charge is 0.252 e. The second-order valence-electron chi connectivity index (χ2n) is 18.3. The van der Waals surface area contributed by atoms with Crippen LogP contribution in [0.15, 0.2) is 214 Å². The minimum Gasteiger partial charge on any atom is -0.309 e. The van der Waals surface area contributed by atoms with E-state index in [1.807, 2.05) is 34.9 Å². The van der Waals surface area contributed by atoms with Gasteiger partial charge in [-0.15, -0.1) is 11.3 Å². The molecule has 67 heavy (non-hydrogen) atoms. The molecule has 0 fully saturated rings. The first-order valence-corrected chi connectivity index (χ1v) is 25.5. The highest BCUT2D eigenvalue weighted by Crippen LogP contribution is 2.66. The maximum absolute atomic E-state index is 2.73. The number of rotatable bonds is 2. The van der Waals surface area contributed by atoms with E-state index in [0.29, 0.717) is 0 Å². The molecule has 9 heteroatoms. The van der Waals surface area contributed by atoms with Crippen LogP contribution < -0.4 is 52.4 Å². The molecule has 9 aromatic carbocycles. The van der Waals surface area contributed by atoms with Crippen LogP contribution in [-0.2, 0) is 0 Å². The summed E-state index contributed by atoms with van der Waals surface area (Å²) in [5.74, 6) is 0. The SMILES string of the molecule is c1ccc(-c2sc(-c3ccccc3)c3c2N2c4ccc5c6c4B(c4ccccc4N6c4ccccc4S5)c4ccc5c(c42)N3c2ccc3c4c2B5c2ccccc2N4c2ccccc2S3)cc1. The monoisotopic (exact) mass is 902 g/mol. The summed E-state index contributed by atoms with van der Waals surface area (Å²) < 4.78 is 0. The van der Waals surface area contributed by atoms with Gasteiger partial charge in [0.1, 0.15) is 0 Å². The number of hydrogen-bond acceptors (Lipinski definition) is 7. The fourth-order valence-electron chi connectivity index (χ4n) is 12.7. The highest BCUT2D eigenvalue weighted by Gasteiger charge is 2.54. The van der Waals surface area contributed by atoms with Crippen LogP contribution in [0, 0.1) is 0 Å². The van der Waals surface area contributed by atoms with Crippen molar-refractivity contribution < 1.29 is 0 Å². The third-order valence-electron chi connectivity index (χ3n) is 15.1. The van der Waals surface area contributed by atoms with Crippen molar-refractivity contribution in [1.82, 2.24) is 0 Å². The minimum absolute atomic E-state index is 0.0302. The van der Waals surface area contributed by atoms with Gasteiger partial charge in [-0.2, -0.15) is 0 Å². The second-order valence-corrected chi connectivity index (χ2v) is 21.5. The van der Waals surface area contributed by atoms with Gasteiger partial charge >= 0.3 is 0 Å². The third kappa shape index (κ3) is 4.38. The van der Waals surface area contributed by atoms with Crippen molar-refractivity contribution >= 4 is 149 Å². The Morgan fingerprint density at radius 1 is 0.269 bits per heavy atom. The Morgan fingerprint density at radius 2 is 0.672 bits per heavy atom. The minimum atomic E-state index is 0.0302. The quantitative estimate of drug-likeness (QED) is 0.159. The standard InChI is InChI=1S/C58H32B2N4S3/c1-3-15-33(16-4-1)57-55-56(58(67-57)34-17-5-2-6-18-34)64-44-30-32-48-54-50(44)60(36-20-8-10-22-40(36)62(54)42-24-12-14-26-46(42)66-48)38-28-27-37-51(52(38)64)63(55)43-29-31-47-53-49(43)59(37)35-19-7-9-21-39(35)61(53)41-23-11-13-25-45(41)65-47/h1-32H. The zero-order valence-electron chi connectivity index (χ0n) is 35.6. The number of nitrogens with zero attached hydrogens (tertiary/aromatic N) is 4. The zero-order valence-corrected chi connectivity index (χ0v) is 38.1. The van der Waals surface area contributed by atoms with E-state index in [2.05, 4.69) is 214 Å². The maximum atomic E-state index is 2.73. The van der Waals surface area contributed by atoms with E-state index >= 15 is 0 Å². The predicted octanol–water partition coefficient (Wildman–Crippen LogP) is 12.5. The average Bonchev–Trinajstić information content (AvgIpc) is 3.79. The summed E-state index contributed by atoms with van der Waals surface area (Å²) >= 11 is 5.75. The summed E-state index contributed by atoms with van der Waals surface area (Å²) in [7, 11) is 0. The molecular formula is C58H32B2N4S3. The van der Waals surface area contributed by atoms with Gasteiger partial charge in [0.15, 0.2) is 0 Å². The maximum Gasteiger partial charge on any atom is 0.252 e. The topological polar surface area (TPSA) is 13.0 Å². The number of fused-ring (bicyclic) bond motifs is 17. The second kappa shape index (κ2) is 12.8. The van der Waals surface area contributed by atoms with Gasteiger partial charge in [-0.25, -0.2) is 0 Å². The highest BCUT2D eigenvalue weighted by atomic mass is 32.2. The van der Waals surface area contributed by atoms with Crippen LogP contribution in [-0.4, -0.2) is 13.4 Å². The zero-order chi connectivity index (χ0) is 43.2. The lowest BCUT2D eigenvalue weighted by molar-refractivity contribution is 1.14. The Morgan fingerprint density at radius 3 is 1.13 bits per heavy atom. The summed E-state index contributed by atoms with van der Waals surface area (Å²) in [6.45, 7) is 0.0603. The van der Waals surface area contributed by atoms with Crippen LogP contribution in [0.4, 0.5) is 68.2 Å². The van der Waals surface area contributed by atoms with E-state index in [1.165, 1.54) is 141 Å². The first kappa shape index (κ1) is 35.9. The number of anilines is 12. The molecule has 0 amide bonds. The van der Waals surface area contributed by atoms with Gasteiger partial charge in [-0.3, -0.25) is 0 Å². The van der Waals surface area contributed by atoms with Gasteiger partial charge in [-0.1, -0.05) is 157 Å². The van der Waals surface area contributed by atoms with E-state index < -0.39 is 0 Å². The highest BCUT2D eigenvalue weighted by molar-refractivity contribution is 8.00. The van der Waals surface area contributed by atoms with Gasteiger partial charge in [0.25, 0.3) is 13.4 Å². The van der Waals surface area contributed by atoms with Gasteiger partial charge in [0, 0.05) is 42.3 Å². The first-order valence-electron chi connectivity index (χ1n) is 23.0. The van der Waals surface area contributed by atoms with Crippen molar-refractivity contribution in [3.63, 3.8) is 0 Å². The molecule has 0 bridgehead atoms. The summed E-state index contributed by atoms with van der Waals surface area (Å²) in [5.41, 5.74) is 25.9. The van der Waals surface area contributed by atoms with Gasteiger partial charge in [0.05, 0.1) is 55.3 Å². The van der Waals surface area contributed by atoms with E-state index in [9.17, 15) is 0 Å². The molecular weight excluding hydrogens is 870 g/mol. The van der Waals surface area contributed by atoms with Crippen LogP contribution in [0.5, 0.6) is 0 Å². The molecule has 308 valence electrons. The normalized spacial score (nSPS) is 14.9. The largest absolute Gasteiger partial charge is 0.309 e. The molecule has 17 rings (SSSR count). The fourth-order valence-corrected chi connectivity index (χ4v) is 16.1. The van der Waals surface area contributed by atoms with Crippen molar-refractivity contribution in [3.05, 3.63) is 194 Å². The molecule has 0 saturated carbocycles. The predicted molar refractivity (Wildman–Crippen MR) is 285 cm³/mol. The number of para-hydroxylation sites is 4. The Bertz CT molecular complexity index is 3640. The Labute approximate surface area is 400 Å². The fraction of sp³-hybridized carbons (Fsp3) is 0. The molecule has 0 unspecified atom stereocenters. The molecule has 0 atom stereocenters. The molecule has 0 N–H and O–H groups in total. The summed E-state index contributed by atoms with van der Waals surface area (Å²) in [6.07, 6.45) is 0. The van der Waals surface area contributed by atoms with Crippen molar-refractivity contribution in [2.45, 2.75) is 19.6 Å². The van der Waals surface area contributed by atoms with Gasteiger partial charge < -0.3 is 19.6 Å². The average molecular weight is 903 g/mol. The number of benzene rings is 9. The van der Waals surface area contributed by atoms with Crippen molar-refractivity contribution in [2.24, 2.45) is 0 Å². The lowest BCUT2D eigenvalue weighted by Crippen LogP contribution is -2.65. The summed E-state index contributed by atoms with van der Waals surface area (Å²) in [4.78, 5) is 18.3. The molecule has 0 radical (unpaired) electrons. The van der Waals surface area contributed by atoms with Gasteiger partial charge in [0.2, 0.25) is 0 Å². The van der Waals surface area contributed by atoms with Crippen LogP contribution in [0.2, 0.25) is 0 Å². The van der Waals surface area contributed by atoms with Crippen molar-refractivity contribution in [2.75, 3.05) is 19.6 Å². The van der Waals surface area contributed by atoms with Crippen molar-refractivity contribution in [1.29, 1.82) is 0 Å². The van der Waals surface area contributed by atoms with Crippen LogP contribution >= 0.6 is 34.9 Å². The molecule has 8 heterocycles. The number of thiophene rings is 1. The van der Waals surface area contributed by atoms with Gasteiger partial charge in [-0.05, 0) is 105 Å². The molecule has 10 aromatic rings. The van der Waals surface area contributed by atoms with Crippen molar-refractivity contribution in [3.8, 4) is 20.9 Å². The lowest BCUT2D eigenvalue weighted by Gasteiger charge is -2.52. The summed E-state index contributed by atoms with van der Waals surface area (Å²) in [6, 6.07) is 73.4. The Kier molecular flexibility index (Phi) is 6.85. The Balaban J connectivity index is 1.04. The molecule has 4 nitrogen and oxygen atoms in total. The lowest BCUT2D eigenvalue weighted by atomic mass is 9.31. The number of hydrogen-bond donors (Lipinski definition) is 0. The Hall–Kier alpha value is -7.29. The molecule has 7 aliphatic rings. The molecule has 1 aromatic heterocycles. The molecule has 0 saturated heterocycles. The molecule has 0 spiro atoms. The van der Waals surface area contributed by atoms with Crippen LogP contribution in [0.3, 0.4) is 0 Å². The molecule has 0 aliphatic carbocycles. The van der Waals surface area contributed by atoms with E-state index in [1.54, 1.807) is 0 Å². The molecule has 7 aliphatic heterocycles.